The number of nitrogens with one attached hydrogen (secondary N) is 1. The molecule has 0 radical (unpaired) electrons. The molecule has 1 amide bonds. The Labute approximate surface area is 145 Å². The molecule has 24 heavy (non-hydrogen) atoms. The molecule has 1 fully saturated rings. The summed E-state index contributed by atoms with van der Waals surface area (Å²) >= 11 is 0. The number of carbonyl (C=O) groups is 1. The SMILES string of the molecule is CCN(CC)C(=O)CC1CCNCC1Cc1cc(CN(C)C)on1. The molecule has 0 aliphatic carbocycles. The average molecular weight is 336 g/mol. The van der Waals surface area contributed by atoms with Crippen LogP contribution in [0.5, 0.6) is 0 Å². The van der Waals surface area contributed by atoms with Crippen LogP contribution in [0.2, 0.25) is 0 Å². The zero-order valence-corrected chi connectivity index (χ0v) is 15.5. The molecular formula is C18H32N4O2. The van der Waals surface area contributed by atoms with Gasteiger partial charge in [0.15, 0.2) is 5.76 Å². The standard InChI is InChI=1S/C18H32N4O2/c1-5-22(6-2)18(23)10-14-7-8-19-12-15(14)9-16-11-17(24-20-16)13-21(3)4/h11,14-15,19H,5-10,12-13H2,1-4H3. The third kappa shape index (κ3) is 5.31. The van der Waals surface area contributed by atoms with Crippen LogP contribution in [0.4, 0.5) is 0 Å². The summed E-state index contributed by atoms with van der Waals surface area (Å²) in [6.45, 7) is 8.39. The molecule has 1 aromatic rings. The number of carbonyl (C=O) groups excluding carboxylic acids is 1. The van der Waals surface area contributed by atoms with Gasteiger partial charge in [0.25, 0.3) is 0 Å². The summed E-state index contributed by atoms with van der Waals surface area (Å²) < 4.78 is 5.42. The van der Waals surface area contributed by atoms with E-state index in [9.17, 15) is 4.79 Å². The minimum atomic E-state index is 0.283. The Hall–Kier alpha value is -1.40. The van der Waals surface area contributed by atoms with E-state index >= 15 is 0 Å². The molecule has 1 aromatic heterocycles. The summed E-state index contributed by atoms with van der Waals surface area (Å²) in [5.41, 5.74) is 1.00. The van der Waals surface area contributed by atoms with Gasteiger partial charge in [-0.2, -0.15) is 0 Å². The van der Waals surface area contributed by atoms with Gasteiger partial charge in [0.05, 0.1) is 12.2 Å². The van der Waals surface area contributed by atoms with E-state index in [0.717, 1.165) is 57.0 Å². The maximum absolute atomic E-state index is 12.5. The molecule has 2 atom stereocenters. The van der Waals surface area contributed by atoms with E-state index in [2.05, 4.69) is 21.4 Å². The van der Waals surface area contributed by atoms with Crippen LogP contribution in [0.3, 0.4) is 0 Å². The van der Waals surface area contributed by atoms with Gasteiger partial charge in [-0.25, -0.2) is 0 Å². The quantitative estimate of drug-likeness (QED) is 0.784. The van der Waals surface area contributed by atoms with Crippen molar-refractivity contribution in [3.8, 4) is 0 Å². The largest absolute Gasteiger partial charge is 0.360 e. The number of nitrogens with zero attached hydrogens (tertiary/aromatic N) is 3. The molecule has 1 N–H and O–H groups in total. The molecule has 2 rings (SSSR count). The monoisotopic (exact) mass is 336 g/mol. The fourth-order valence-corrected chi connectivity index (χ4v) is 3.52. The van der Waals surface area contributed by atoms with Crippen molar-refractivity contribution in [1.82, 2.24) is 20.3 Å². The zero-order valence-electron chi connectivity index (χ0n) is 15.5. The summed E-state index contributed by atoms with van der Waals surface area (Å²) in [6, 6.07) is 2.05. The minimum Gasteiger partial charge on any atom is -0.360 e. The normalized spacial score (nSPS) is 21.2. The van der Waals surface area contributed by atoms with E-state index in [1.54, 1.807) is 0 Å². The Kier molecular flexibility index (Phi) is 7.24. The number of amides is 1. The second-order valence-corrected chi connectivity index (χ2v) is 7.01. The van der Waals surface area contributed by atoms with Gasteiger partial charge in [-0.05, 0) is 65.7 Å². The van der Waals surface area contributed by atoms with E-state index in [4.69, 9.17) is 4.52 Å². The van der Waals surface area contributed by atoms with Crippen molar-refractivity contribution in [2.45, 2.75) is 39.7 Å². The van der Waals surface area contributed by atoms with Crippen molar-refractivity contribution in [1.29, 1.82) is 0 Å². The molecule has 136 valence electrons. The van der Waals surface area contributed by atoms with Gasteiger partial charge in [-0.1, -0.05) is 5.16 Å². The van der Waals surface area contributed by atoms with Crippen molar-refractivity contribution in [3.05, 3.63) is 17.5 Å². The van der Waals surface area contributed by atoms with Crippen molar-refractivity contribution in [2.75, 3.05) is 40.3 Å². The fraction of sp³-hybridized carbons (Fsp3) is 0.778. The third-order valence-corrected chi connectivity index (χ3v) is 4.87. The molecule has 0 saturated carbocycles. The lowest BCUT2D eigenvalue weighted by Gasteiger charge is -2.32. The topological polar surface area (TPSA) is 61.6 Å². The van der Waals surface area contributed by atoms with Gasteiger partial charge in [0.2, 0.25) is 5.91 Å². The maximum atomic E-state index is 12.5. The average Bonchev–Trinajstić information content (AvgIpc) is 2.96. The molecule has 6 nitrogen and oxygen atoms in total. The Balaban J connectivity index is 1.96. The van der Waals surface area contributed by atoms with E-state index in [1.807, 2.05) is 32.8 Å². The van der Waals surface area contributed by atoms with Crippen LogP contribution in [0.25, 0.3) is 0 Å². The summed E-state index contributed by atoms with van der Waals surface area (Å²) in [4.78, 5) is 16.5. The molecule has 0 bridgehead atoms. The predicted octanol–water partition coefficient (Wildman–Crippen LogP) is 1.76. The Bertz CT molecular complexity index is 511. The maximum Gasteiger partial charge on any atom is 0.222 e. The van der Waals surface area contributed by atoms with Crippen LogP contribution < -0.4 is 5.32 Å². The van der Waals surface area contributed by atoms with E-state index in [0.29, 0.717) is 18.3 Å². The van der Waals surface area contributed by atoms with Gasteiger partial charge in [0, 0.05) is 25.6 Å². The second kappa shape index (κ2) is 9.18. The Morgan fingerprint density at radius 3 is 2.75 bits per heavy atom. The second-order valence-electron chi connectivity index (χ2n) is 7.01. The van der Waals surface area contributed by atoms with Gasteiger partial charge in [-0.3, -0.25) is 4.79 Å². The summed E-state index contributed by atoms with van der Waals surface area (Å²) in [5, 5.41) is 7.68. The van der Waals surface area contributed by atoms with Crippen LogP contribution >= 0.6 is 0 Å². The van der Waals surface area contributed by atoms with Gasteiger partial charge < -0.3 is 19.6 Å². The van der Waals surface area contributed by atoms with E-state index in [-0.39, 0.29) is 5.91 Å². The smallest absolute Gasteiger partial charge is 0.222 e. The number of rotatable bonds is 8. The van der Waals surface area contributed by atoms with Crippen LogP contribution in [-0.4, -0.2) is 61.1 Å². The predicted molar refractivity (Wildman–Crippen MR) is 94.6 cm³/mol. The summed E-state index contributed by atoms with van der Waals surface area (Å²) in [7, 11) is 4.03. The van der Waals surface area contributed by atoms with Crippen molar-refractivity contribution in [2.24, 2.45) is 11.8 Å². The van der Waals surface area contributed by atoms with Gasteiger partial charge in [0.1, 0.15) is 0 Å². The Morgan fingerprint density at radius 1 is 1.33 bits per heavy atom. The first-order valence-electron chi connectivity index (χ1n) is 9.11. The van der Waals surface area contributed by atoms with Crippen LogP contribution in [0.1, 0.15) is 38.1 Å². The van der Waals surface area contributed by atoms with Crippen LogP contribution in [0.15, 0.2) is 10.6 Å². The lowest BCUT2D eigenvalue weighted by Crippen LogP contribution is -2.41. The van der Waals surface area contributed by atoms with E-state index in [1.165, 1.54) is 0 Å². The highest BCUT2D eigenvalue weighted by molar-refractivity contribution is 5.76. The molecule has 1 saturated heterocycles. The molecule has 1 aliphatic heterocycles. The van der Waals surface area contributed by atoms with Crippen molar-refractivity contribution in [3.63, 3.8) is 0 Å². The molecule has 6 heteroatoms. The molecule has 1 aliphatic rings. The lowest BCUT2D eigenvalue weighted by atomic mass is 9.81. The summed E-state index contributed by atoms with van der Waals surface area (Å²) in [6.07, 6.45) is 2.58. The minimum absolute atomic E-state index is 0.283. The molecular weight excluding hydrogens is 304 g/mol. The highest BCUT2D eigenvalue weighted by Crippen LogP contribution is 2.27. The molecule has 0 spiro atoms. The first-order chi connectivity index (χ1) is 11.5. The molecule has 2 unspecified atom stereocenters. The number of piperidine rings is 1. The van der Waals surface area contributed by atoms with Crippen molar-refractivity contribution < 1.29 is 9.32 Å². The number of aromatic nitrogens is 1. The highest BCUT2D eigenvalue weighted by atomic mass is 16.5. The van der Waals surface area contributed by atoms with E-state index < -0.39 is 0 Å². The first kappa shape index (κ1) is 18.9. The fourth-order valence-electron chi connectivity index (χ4n) is 3.52. The molecule has 0 aromatic carbocycles. The van der Waals surface area contributed by atoms with Gasteiger partial charge in [-0.15, -0.1) is 0 Å². The lowest BCUT2D eigenvalue weighted by molar-refractivity contribution is -0.132. The van der Waals surface area contributed by atoms with Crippen LogP contribution in [0, 0.1) is 11.8 Å². The number of hydrogen-bond acceptors (Lipinski definition) is 5. The Morgan fingerprint density at radius 2 is 2.08 bits per heavy atom. The third-order valence-electron chi connectivity index (χ3n) is 4.87. The van der Waals surface area contributed by atoms with Crippen LogP contribution in [-0.2, 0) is 17.8 Å². The first-order valence-corrected chi connectivity index (χ1v) is 9.11. The molecule has 2 heterocycles. The highest BCUT2D eigenvalue weighted by Gasteiger charge is 2.29. The number of hydrogen-bond donors (Lipinski definition) is 1. The van der Waals surface area contributed by atoms with Gasteiger partial charge >= 0.3 is 0 Å². The zero-order chi connectivity index (χ0) is 17.5. The summed E-state index contributed by atoms with van der Waals surface area (Å²) in [5.74, 6) is 2.05. The van der Waals surface area contributed by atoms with Crippen molar-refractivity contribution >= 4 is 5.91 Å².